The normalized spacial score (nSPS) is 18.5. The van der Waals surface area contributed by atoms with Crippen molar-refractivity contribution in [2.24, 2.45) is 0 Å². The van der Waals surface area contributed by atoms with Gasteiger partial charge in [-0.1, -0.05) is 6.92 Å². The lowest BCUT2D eigenvalue weighted by atomic mass is 10.1. The highest BCUT2D eigenvalue weighted by Crippen LogP contribution is 2.31. The molecule has 1 aromatic heterocycles. The largest absolute Gasteiger partial charge is 0.332 e. The highest BCUT2D eigenvalue weighted by atomic mass is 32.1. The molecule has 0 saturated carbocycles. The maximum atomic E-state index is 12.6. The van der Waals surface area contributed by atoms with Crippen LogP contribution in [0.4, 0.5) is 0 Å². The van der Waals surface area contributed by atoms with Crippen LogP contribution in [0.15, 0.2) is 6.07 Å². The summed E-state index contributed by atoms with van der Waals surface area (Å²) in [5, 5.41) is 3.25. The summed E-state index contributed by atoms with van der Waals surface area (Å²) >= 11 is 1.72. The van der Waals surface area contributed by atoms with Gasteiger partial charge in [0.15, 0.2) is 0 Å². The molecule has 0 bridgehead atoms. The zero-order valence-corrected chi connectivity index (χ0v) is 11.7. The van der Waals surface area contributed by atoms with Crippen molar-refractivity contribution in [1.29, 1.82) is 0 Å². The van der Waals surface area contributed by atoms with Crippen molar-refractivity contribution in [2.45, 2.75) is 38.6 Å². The topological polar surface area (TPSA) is 32.3 Å². The van der Waals surface area contributed by atoms with Crippen molar-refractivity contribution in [3.05, 3.63) is 21.4 Å². The number of nitrogens with zero attached hydrogens (tertiary/aromatic N) is 1. The molecule has 1 saturated heterocycles. The van der Waals surface area contributed by atoms with Crippen molar-refractivity contribution in [3.8, 4) is 0 Å². The monoisotopic (exact) mass is 264 g/mol. The second-order valence-electron chi connectivity index (χ2n) is 5.22. The highest BCUT2D eigenvalue weighted by Gasteiger charge is 2.30. The molecule has 98 valence electrons. The van der Waals surface area contributed by atoms with Crippen LogP contribution in [0.25, 0.3) is 0 Å². The molecule has 2 aliphatic rings. The predicted octanol–water partition coefficient (Wildman–Crippen LogP) is 2.06. The van der Waals surface area contributed by atoms with E-state index in [1.165, 1.54) is 23.3 Å². The number of thiophene rings is 1. The molecule has 3 rings (SSSR count). The zero-order valence-electron chi connectivity index (χ0n) is 10.9. The van der Waals surface area contributed by atoms with Gasteiger partial charge in [-0.3, -0.25) is 4.79 Å². The average molecular weight is 264 g/mol. The molecular weight excluding hydrogens is 244 g/mol. The SMILES string of the molecule is CCCN(C(=O)c1cc2c(s1)CCC2)C1CNC1. The van der Waals surface area contributed by atoms with E-state index in [1.54, 1.807) is 11.3 Å². The lowest BCUT2D eigenvalue weighted by Gasteiger charge is -2.38. The Morgan fingerprint density at radius 1 is 1.50 bits per heavy atom. The minimum atomic E-state index is 0.253. The molecule has 0 spiro atoms. The minimum Gasteiger partial charge on any atom is -0.332 e. The standard InChI is InChI=1S/C14H20N2OS/c1-2-6-16(11-8-15-9-11)14(17)13-7-10-4-3-5-12(10)18-13/h7,11,15H,2-6,8-9H2,1H3. The third kappa shape index (κ3) is 2.08. The minimum absolute atomic E-state index is 0.253. The molecule has 1 aromatic rings. The Hall–Kier alpha value is -0.870. The van der Waals surface area contributed by atoms with Crippen LogP contribution in [0.1, 0.15) is 39.9 Å². The number of amides is 1. The van der Waals surface area contributed by atoms with E-state index in [0.717, 1.165) is 37.4 Å². The smallest absolute Gasteiger partial charge is 0.264 e. The summed E-state index contributed by atoms with van der Waals surface area (Å²) < 4.78 is 0. The molecule has 1 fully saturated rings. The molecule has 18 heavy (non-hydrogen) atoms. The molecule has 4 heteroatoms. The van der Waals surface area contributed by atoms with Gasteiger partial charge in [-0.15, -0.1) is 11.3 Å². The molecule has 1 amide bonds. The number of carbonyl (C=O) groups is 1. The maximum Gasteiger partial charge on any atom is 0.264 e. The summed E-state index contributed by atoms with van der Waals surface area (Å²) in [5.74, 6) is 0.253. The first-order valence-electron chi connectivity index (χ1n) is 6.93. The van der Waals surface area contributed by atoms with Gasteiger partial charge in [0, 0.05) is 24.5 Å². The Morgan fingerprint density at radius 2 is 2.33 bits per heavy atom. The van der Waals surface area contributed by atoms with Gasteiger partial charge in [0.05, 0.1) is 10.9 Å². The fraction of sp³-hybridized carbons (Fsp3) is 0.643. The molecule has 1 aliphatic heterocycles. The van der Waals surface area contributed by atoms with Crippen LogP contribution in [-0.2, 0) is 12.8 Å². The predicted molar refractivity (Wildman–Crippen MR) is 74.3 cm³/mol. The van der Waals surface area contributed by atoms with Gasteiger partial charge in [-0.2, -0.15) is 0 Å². The van der Waals surface area contributed by atoms with Crippen LogP contribution in [0.3, 0.4) is 0 Å². The van der Waals surface area contributed by atoms with Gasteiger partial charge in [-0.05, 0) is 37.3 Å². The van der Waals surface area contributed by atoms with E-state index in [2.05, 4.69) is 23.2 Å². The van der Waals surface area contributed by atoms with Crippen LogP contribution >= 0.6 is 11.3 Å². The van der Waals surface area contributed by atoms with Gasteiger partial charge in [0.25, 0.3) is 5.91 Å². The van der Waals surface area contributed by atoms with Crippen LogP contribution in [0, 0.1) is 0 Å². The maximum absolute atomic E-state index is 12.6. The fourth-order valence-electron chi connectivity index (χ4n) is 2.76. The Balaban J connectivity index is 1.77. The van der Waals surface area contributed by atoms with Gasteiger partial charge in [0.1, 0.15) is 0 Å². The van der Waals surface area contributed by atoms with E-state index >= 15 is 0 Å². The summed E-state index contributed by atoms with van der Waals surface area (Å²) in [4.78, 5) is 17.1. The second kappa shape index (κ2) is 5.02. The summed E-state index contributed by atoms with van der Waals surface area (Å²) in [6.45, 7) is 4.93. The van der Waals surface area contributed by atoms with Gasteiger partial charge in [0.2, 0.25) is 0 Å². The highest BCUT2D eigenvalue weighted by molar-refractivity contribution is 7.14. The number of carbonyl (C=O) groups excluding carboxylic acids is 1. The average Bonchev–Trinajstić information content (AvgIpc) is 2.84. The quantitative estimate of drug-likeness (QED) is 0.903. The zero-order chi connectivity index (χ0) is 12.5. The van der Waals surface area contributed by atoms with Crippen LogP contribution in [0.2, 0.25) is 0 Å². The Kier molecular flexibility index (Phi) is 3.39. The van der Waals surface area contributed by atoms with Crippen molar-refractivity contribution in [3.63, 3.8) is 0 Å². The van der Waals surface area contributed by atoms with Crippen molar-refractivity contribution in [1.82, 2.24) is 10.2 Å². The lowest BCUT2D eigenvalue weighted by molar-refractivity contribution is 0.0620. The number of aryl methyl sites for hydroxylation is 2. The van der Waals surface area contributed by atoms with Crippen LogP contribution < -0.4 is 5.32 Å². The summed E-state index contributed by atoms with van der Waals surface area (Å²) in [7, 11) is 0. The molecule has 1 N–H and O–H groups in total. The Morgan fingerprint density at radius 3 is 2.94 bits per heavy atom. The third-order valence-electron chi connectivity index (χ3n) is 3.88. The number of hydrogen-bond acceptors (Lipinski definition) is 3. The second-order valence-corrected chi connectivity index (χ2v) is 6.36. The summed E-state index contributed by atoms with van der Waals surface area (Å²) in [6, 6.07) is 2.55. The number of fused-ring (bicyclic) bond motifs is 1. The van der Waals surface area contributed by atoms with E-state index in [1.807, 2.05) is 0 Å². The van der Waals surface area contributed by atoms with Crippen LogP contribution in [-0.4, -0.2) is 36.5 Å². The molecular formula is C14H20N2OS. The fourth-order valence-corrected chi connectivity index (χ4v) is 3.97. The number of hydrogen-bond donors (Lipinski definition) is 1. The number of rotatable bonds is 4. The Labute approximate surface area is 112 Å². The van der Waals surface area contributed by atoms with E-state index in [-0.39, 0.29) is 5.91 Å². The molecule has 0 aromatic carbocycles. The van der Waals surface area contributed by atoms with E-state index in [9.17, 15) is 4.79 Å². The molecule has 0 radical (unpaired) electrons. The third-order valence-corrected chi connectivity index (χ3v) is 5.11. The van der Waals surface area contributed by atoms with E-state index in [4.69, 9.17) is 0 Å². The van der Waals surface area contributed by atoms with Crippen molar-refractivity contribution in [2.75, 3.05) is 19.6 Å². The first-order valence-corrected chi connectivity index (χ1v) is 7.74. The van der Waals surface area contributed by atoms with Gasteiger partial charge in [-0.25, -0.2) is 0 Å². The van der Waals surface area contributed by atoms with E-state index in [0.29, 0.717) is 6.04 Å². The summed E-state index contributed by atoms with van der Waals surface area (Å²) in [6.07, 6.45) is 4.64. The van der Waals surface area contributed by atoms with Gasteiger partial charge < -0.3 is 10.2 Å². The molecule has 1 aliphatic carbocycles. The van der Waals surface area contributed by atoms with Crippen molar-refractivity contribution >= 4 is 17.2 Å². The lowest BCUT2D eigenvalue weighted by Crippen LogP contribution is -2.58. The van der Waals surface area contributed by atoms with Crippen LogP contribution in [0.5, 0.6) is 0 Å². The molecule has 0 unspecified atom stereocenters. The molecule has 2 heterocycles. The first kappa shape index (κ1) is 12.2. The first-order chi connectivity index (χ1) is 8.79. The Bertz CT molecular complexity index is 429. The van der Waals surface area contributed by atoms with Crippen molar-refractivity contribution < 1.29 is 4.79 Å². The molecule has 3 nitrogen and oxygen atoms in total. The number of nitrogens with one attached hydrogen (secondary N) is 1. The summed E-state index contributed by atoms with van der Waals surface area (Å²) in [5.41, 5.74) is 1.42. The molecule has 0 atom stereocenters. The van der Waals surface area contributed by atoms with Gasteiger partial charge >= 0.3 is 0 Å². The van der Waals surface area contributed by atoms with E-state index < -0.39 is 0 Å².